The molecule has 1 heterocycles. The molecule has 106 valence electrons. The highest BCUT2D eigenvalue weighted by molar-refractivity contribution is 5.79. The highest BCUT2D eigenvalue weighted by Crippen LogP contribution is 2.30. The van der Waals surface area contributed by atoms with Gasteiger partial charge in [0.1, 0.15) is 17.3 Å². The zero-order valence-electron chi connectivity index (χ0n) is 11.6. The van der Waals surface area contributed by atoms with E-state index in [1.165, 1.54) is 12.1 Å². The lowest BCUT2D eigenvalue weighted by Gasteiger charge is -2.14. The zero-order valence-corrected chi connectivity index (χ0v) is 11.6. The fraction of sp³-hybridized carbons (Fsp3) is 0.118. The molecule has 0 fully saturated rings. The van der Waals surface area contributed by atoms with Gasteiger partial charge in [-0.2, -0.15) is 0 Å². The van der Waals surface area contributed by atoms with Crippen molar-refractivity contribution in [2.45, 2.75) is 13.0 Å². The van der Waals surface area contributed by atoms with E-state index in [9.17, 15) is 4.39 Å². The summed E-state index contributed by atoms with van der Waals surface area (Å²) in [6.07, 6.45) is 1.65. The molecule has 3 aromatic rings. The number of pyridine rings is 1. The van der Waals surface area contributed by atoms with E-state index in [0.717, 1.165) is 10.9 Å². The van der Waals surface area contributed by atoms with E-state index in [1.54, 1.807) is 19.2 Å². The van der Waals surface area contributed by atoms with Gasteiger partial charge in [-0.25, -0.2) is 4.39 Å². The maximum absolute atomic E-state index is 13.3. The van der Waals surface area contributed by atoms with Gasteiger partial charge in [0.15, 0.2) is 0 Å². The lowest BCUT2D eigenvalue weighted by atomic mass is 10.1. The second kappa shape index (κ2) is 5.50. The quantitative estimate of drug-likeness (QED) is 0.783. The smallest absolute Gasteiger partial charge is 0.146 e. The van der Waals surface area contributed by atoms with Crippen molar-refractivity contribution in [3.05, 3.63) is 66.1 Å². The molecule has 1 atom stereocenters. The number of rotatable bonds is 3. The fourth-order valence-corrected chi connectivity index (χ4v) is 2.20. The minimum atomic E-state index is -0.328. The highest BCUT2D eigenvalue weighted by Gasteiger charge is 2.11. The summed E-state index contributed by atoms with van der Waals surface area (Å²) in [5, 5.41) is 0.986. The topological polar surface area (TPSA) is 48.1 Å². The van der Waals surface area contributed by atoms with Gasteiger partial charge in [0.25, 0.3) is 0 Å². The predicted octanol–water partition coefficient (Wildman–Crippen LogP) is 4.19. The highest BCUT2D eigenvalue weighted by atomic mass is 19.1. The van der Waals surface area contributed by atoms with Gasteiger partial charge in [0.05, 0.1) is 11.7 Å². The van der Waals surface area contributed by atoms with Crippen LogP contribution >= 0.6 is 0 Å². The summed E-state index contributed by atoms with van der Waals surface area (Å²) in [5.41, 5.74) is 7.39. The standard InChI is InChI=1S/C17H15FN2O/c1-11(19)15-9-13(18)6-7-17(15)21-14-8-12-4-2-3-5-16(12)20-10-14/h2-11H,19H2,1H3. The number of fused-ring (bicyclic) bond motifs is 1. The van der Waals surface area contributed by atoms with Crippen molar-refractivity contribution >= 4 is 10.9 Å². The number of nitrogens with two attached hydrogens (primary N) is 1. The number of para-hydroxylation sites is 1. The molecule has 0 aliphatic heterocycles. The molecule has 3 rings (SSSR count). The molecule has 0 spiro atoms. The Bertz CT molecular complexity index is 787. The first kappa shape index (κ1) is 13.5. The minimum absolute atomic E-state index is 0.316. The lowest BCUT2D eigenvalue weighted by Crippen LogP contribution is -2.07. The van der Waals surface area contributed by atoms with Crippen molar-refractivity contribution in [3.63, 3.8) is 0 Å². The van der Waals surface area contributed by atoms with Gasteiger partial charge in [0, 0.05) is 17.0 Å². The average Bonchev–Trinajstić information content (AvgIpc) is 2.49. The fourth-order valence-electron chi connectivity index (χ4n) is 2.20. The van der Waals surface area contributed by atoms with Gasteiger partial charge in [0.2, 0.25) is 0 Å². The minimum Gasteiger partial charge on any atom is -0.455 e. The van der Waals surface area contributed by atoms with E-state index in [2.05, 4.69) is 4.98 Å². The molecule has 1 aromatic heterocycles. The third kappa shape index (κ3) is 2.85. The summed E-state index contributed by atoms with van der Waals surface area (Å²) in [7, 11) is 0. The molecule has 0 radical (unpaired) electrons. The largest absolute Gasteiger partial charge is 0.455 e. The number of hydrogen-bond acceptors (Lipinski definition) is 3. The van der Waals surface area contributed by atoms with Gasteiger partial charge in [-0.15, -0.1) is 0 Å². The molecule has 2 aromatic carbocycles. The summed E-state index contributed by atoms with van der Waals surface area (Å²) in [5.74, 6) is 0.817. The third-order valence-corrected chi connectivity index (χ3v) is 3.26. The molecule has 4 heteroatoms. The normalized spacial score (nSPS) is 12.3. The Morgan fingerprint density at radius 3 is 2.76 bits per heavy atom. The number of benzene rings is 2. The van der Waals surface area contributed by atoms with Crippen LogP contribution in [-0.2, 0) is 0 Å². The van der Waals surface area contributed by atoms with Crippen molar-refractivity contribution in [2.24, 2.45) is 5.73 Å². The van der Waals surface area contributed by atoms with Gasteiger partial charge in [-0.1, -0.05) is 18.2 Å². The molecule has 3 nitrogen and oxygen atoms in total. The van der Waals surface area contributed by atoms with Crippen molar-refractivity contribution in [3.8, 4) is 11.5 Å². The van der Waals surface area contributed by atoms with Crippen LogP contribution in [0, 0.1) is 5.82 Å². The molecular weight excluding hydrogens is 267 g/mol. The first-order valence-corrected chi connectivity index (χ1v) is 6.71. The first-order valence-electron chi connectivity index (χ1n) is 6.71. The van der Waals surface area contributed by atoms with Crippen LogP contribution in [0.1, 0.15) is 18.5 Å². The monoisotopic (exact) mass is 282 g/mol. The van der Waals surface area contributed by atoms with Crippen LogP contribution in [-0.4, -0.2) is 4.98 Å². The van der Waals surface area contributed by atoms with Crippen LogP contribution < -0.4 is 10.5 Å². The summed E-state index contributed by atoms with van der Waals surface area (Å²) >= 11 is 0. The van der Waals surface area contributed by atoms with Crippen LogP contribution in [0.15, 0.2) is 54.7 Å². The molecule has 0 aliphatic carbocycles. The molecule has 0 saturated heterocycles. The van der Waals surface area contributed by atoms with Crippen molar-refractivity contribution in [2.75, 3.05) is 0 Å². The molecule has 0 saturated carbocycles. The maximum atomic E-state index is 13.3. The second-order valence-corrected chi connectivity index (χ2v) is 4.94. The van der Waals surface area contributed by atoms with E-state index in [0.29, 0.717) is 17.1 Å². The van der Waals surface area contributed by atoms with Crippen LogP contribution in [0.25, 0.3) is 10.9 Å². The number of hydrogen-bond donors (Lipinski definition) is 1. The van der Waals surface area contributed by atoms with E-state index >= 15 is 0 Å². The van der Waals surface area contributed by atoms with Crippen LogP contribution in [0.3, 0.4) is 0 Å². The third-order valence-electron chi connectivity index (χ3n) is 3.26. The number of nitrogens with zero attached hydrogens (tertiary/aromatic N) is 1. The molecule has 1 unspecified atom stereocenters. The maximum Gasteiger partial charge on any atom is 0.146 e. The number of halogens is 1. The molecule has 0 amide bonds. The van der Waals surface area contributed by atoms with Crippen LogP contribution in [0.2, 0.25) is 0 Å². The SMILES string of the molecule is CC(N)c1cc(F)ccc1Oc1cnc2ccccc2c1. The van der Waals surface area contributed by atoms with Crippen LogP contribution in [0.4, 0.5) is 4.39 Å². The Kier molecular flexibility index (Phi) is 3.54. The van der Waals surface area contributed by atoms with Gasteiger partial charge >= 0.3 is 0 Å². The summed E-state index contributed by atoms with van der Waals surface area (Å²) < 4.78 is 19.2. The van der Waals surface area contributed by atoms with Crippen molar-refractivity contribution in [1.29, 1.82) is 0 Å². The molecule has 21 heavy (non-hydrogen) atoms. The molecule has 2 N–H and O–H groups in total. The Morgan fingerprint density at radius 2 is 1.95 bits per heavy atom. The predicted molar refractivity (Wildman–Crippen MR) is 80.8 cm³/mol. The molecular formula is C17H15FN2O. The first-order chi connectivity index (χ1) is 10.1. The Morgan fingerprint density at radius 1 is 1.14 bits per heavy atom. The molecule has 0 bridgehead atoms. The van der Waals surface area contributed by atoms with Crippen LogP contribution in [0.5, 0.6) is 11.5 Å². The zero-order chi connectivity index (χ0) is 14.8. The van der Waals surface area contributed by atoms with Gasteiger partial charge in [-0.05, 0) is 37.3 Å². The van der Waals surface area contributed by atoms with Crippen molar-refractivity contribution in [1.82, 2.24) is 4.98 Å². The summed E-state index contributed by atoms with van der Waals surface area (Å²) in [6.45, 7) is 1.79. The summed E-state index contributed by atoms with van der Waals surface area (Å²) in [6, 6.07) is 13.7. The van der Waals surface area contributed by atoms with Crippen molar-refractivity contribution < 1.29 is 9.13 Å². The average molecular weight is 282 g/mol. The summed E-state index contributed by atoms with van der Waals surface area (Å²) in [4.78, 5) is 4.34. The second-order valence-electron chi connectivity index (χ2n) is 4.94. The molecule has 0 aliphatic rings. The van der Waals surface area contributed by atoms with E-state index in [1.807, 2.05) is 30.3 Å². The Hall–Kier alpha value is -2.46. The van der Waals surface area contributed by atoms with E-state index in [-0.39, 0.29) is 11.9 Å². The van der Waals surface area contributed by atoms with Gasteiger partial charge < -0.3 is 10.5 Å². The Balaban J connectivity index is 1.98. The van der Waals surface area contributed by atoms with Gasteiger partial charge in [-0.3, -0.25) is 4.98 Å². The van der Waals surface area contributed by atoms with E-state index in [4.69, 9.17) is 10.5 Å². The lowest BCUT2D eigenvalue weighted by molar-refractivity contribution is 0.468. The number of aromatic nitrogens is 1. The Labute approximate surface area is 122 Å². The number of ether oxygens (including phenoxy) is 1. The van der Waals surface area contributed by atoms with E-state index < -0.39 is 0 Å².